The van der Waals surface area contributed by atoms with Crippen molar-refractivity contribution in [3.05, 3.63) is 0 Å². The Bertz CT molecular complexity index is 447. The zero-order chi connectivity index (χ0) is 16.9. The van der Waals surface area contributed by atoms with Gasteiger partial charge in [-0.15, -0.1) is 11.8 Å². The molecule has 1 heterocycles. The lowest BCUT2D eigenvalue weighted by atomic mass is 9.95. The fourth-order valence-corrected chi connectivity index (χ4v) is 4.79. The summed E-state index contributed by atoms with van der Waals surface area (Å²) in [5, 5.41) is 2.23. The number of ether oxygens (including phenoxy) is 2. The van der Waals surface area contributed by atoms with E-state index < -0.39 is 27.3 Å². The lowest BCUT2D eigenvalue weighted by molar-refractivity contribution is -0.138. The average Bonchev–Trinajstić information content (AvgIpc) is 2.36. The third kappa shape index (κ3) is 5.79. The molecule has 0 bridgehead atoms. The van der Waals surface area contributed by atoms with Crippen LogP contribution in [0.1, 0.15) is 13.8 Å². The second kappa shape index (κ2) is 9.03. The largest absolute Gasteiger partial charge is 0.508 e. The minimum Gasteiger partial charge on any atom is -0.435 e. The van der Waals surface area contributed by atoms with Gasteiger partial charge in [0.2, 0.25) is 9.70 Å². The second-order valence-corrected chi connectivity index (χ2v) is 10.00. The fraction of sp³-hybridized carbons (Fsp3) is 0.727. The van der Waals surface area contributed by atoms with Gasteiger partial charge in [-0.1, -0.05) is 65.7 Å². The van der Waals surface area contributed by atoms with E-state index >= 15 is 0 Å². The van der Waals surface area contributed by atoms with Crippen LogP contribution in [0.3, 0.4) is 0 Å². The number of alkyl halides is 3. The normalized spacial score (nSPS) is 22.3. The first-order valence-electron chi connectivity index (χ1n) is 6.24. The number of thioether (sulfide) groups is 2. The molecule has 3 atom stereocenters. The van der Waals surface area contributed by atoms with E-state index in [9.17, 15) is 9.59 Å². The Balaban J connectivity index is 2.81. The molecule has 1 amide bonds. The number of amides is 1. The van der Waals surface area contributed by atoms with Gasteiger partial charge in [0.1, 0.15) is 9.45 Å². The first kappa shape index (κ1) is 20.4. The van der Waals surface area contributed by atoms with Crippen LogP contribution in [0.4, 0.5) is 4.79 Å². The van der Waals surface area contributed by atoms with Gasteiger partial charge in [-0.2, -0.15) is 0 Å². The summed E-state index contributed by atoms with van der Waals surface area (Å²) in [7, 11) is 0. The van der Waals surface area contributed by atoms with E-state index in [4.69, 9.17) is 51.8 Å². The highest BCUT2D eigenvalue weighted by Gasteiger charge is 2.55. The molecule has 0 aromatic carbocycles. The topological polar surface area (TPSA) is 64.6 Å². The molecular formula is C11H14Cl3NO4S3. The standard InChI is InChI=1S/C11H14Cl3NO4S3/c1-3-18-9(17)19-6(11(12,13)14)5-7(16)15-8(5)22-10(20)21-4-2/h5-6,8H,3-4H2,1-2H3,(H,15,16)/t5-,6?,8?/m0/s1. The number of halogens is 3. The molecule has 0 spiro atoms. The summed E-state index contributed by atoms with van der Waals surface area (Å²) in [5.41, 5.74) is 0. The number of carbonyl (C=O) groups excluding carboxylic acids is 2. The van der Waals surface area contributed by atoms with Crippen molar-refractivity contribution in [3.8, 4) is 0 Å². The molecule has 0 aromatic rings. The minimum absolute atomic E-state index is 0.109. The Hall–Kier alpha value is 0.400. The first-order chi connectivity index (χ1) is 10.2. The fourth-order valence-electron chi connectivity index (χ4n) is 1.62. The molecule has 126 valence electrons. The Morgan fingerprint density at radius 1 is 1.45 bits per heavy atom. The van der Waals surface area contributed by atoms with Crippen LogP contribution < -0.4 is 5.32 Å². The third-order valence-corrected chi connectivity index (χ3v) is 5.84. The Morgan fingerprint density at radius 2 is 2.09 bits per heavy atom. The summed E-state index contributed by atoms with van der Waals surface area (Å²) in [5.74, 6) is -0.385. The van der Waals surface area contributed by atoms with Crippen molar-refractivity contribution in [2.45, 2.75) is 29.1 Å². The molecule has 1 saturated heterocycles. The van der Waals surface area contributed by atoms with Gasteiger partial charge in [-0.3, -0.25) is 4.79 Å². The number of nitrogens with one attached hydrogen (secondary N) is 1. The molecule has 11 heteroatoms. The van der Waals surface area contributed by atoms with Gasteiger partial charge in [0.05, 0.1) is 12.0 Å². The summed E-state index contributed by atoms with van der Waals surface area (Å²) in [4.78, 5) is 23.3. The van der Waals surface area contributed by atoms with E-state index in [1.807, 2.05) is 6.92 Å². The van der Waals surface area contributed by atoms with Gasteiger partial charge in [0.15, 0.2) is 6.10 Å². The number of rotatable bonds is 5. The van der Waals surface area contributed by atoms with Gasteiger partial charge in [-0.25, -0.2) is 4.79 Å². The van der Waals surface area contributed by atoms with Crippen molar-refractivity contribution in [1.29, 1.82) is 0 Å². The van der Waals surface area contributed by atoms with Crippen LogP contribution in [-0.2, 0) is 14.3 Å². The van der Waals surface area contributed by atoms with Gasteiger partial charge in [0, 0.05) is 0 Å². The molecule has 1 N–H and O–H groups in total. The monoisotopic (exact) mass is 425 g/mol. The number of carbonyl (C=O) groups is 2. The highest BCUT2D eigenvalue weighted by atomic mass is 35.6. The number of thiocarbonyl (C=S) groups is 1. The van der Waals surface area contributed by atoms with E-state index in [-0.39, 0.29) is 12.5 Å². The van der Waals surface area contributed by atoms with Crippen molar-refractivity contribution in [1.82, 2.24) is 5.32 Å². The molecule has 0 aliphatic carbocycles. The summed E-state index contributed by atoms with van der Waals surface area (Å²) in [6, 6.07) is 0. The van der Waals surface area contributed by atoms with Crippen LogP contribution in [0.25, 0.3) is 0 Å². The number of hydrogen-bond acceptors (Lipinski definition) is 7. The summed E-state index contributed by atoms with van der Waals surface area (Å²) in [6.07, 6.45) is -2.26. The average molecular weight is 427 g/mol. The van der Waals surface area contributed by atoms with Crippen molar-refractivity contribution in [2.24, 2.45) is 5.92 Å². The van der Waals surface area contributed by atoms with E-state index in [1.165, 1.54) is 23.5 Å². The Labute approximate surface area is 157 Å². The van der Waals surface area contributed by atoms with E-state index in [0.717, 1.165) is 5.75 Å². The molecular weight excluding hydrogens is 413 g/mol. The SMILES string of the molecule is CCOC(=O)OC([C@H]1C(=O)NC1SC(=S)SCC)C(Cl)(Cl)Cl. The van der Waals surface area contributed by atoms with Crippen LogP contribution in [0.15, 0.2) is 0 Å². The lowest BCUT2D eigenvalue weighted by Crippen LogP contribution is -2.64. The van der Waals surface area contributed by atoms with E-state index in [2.05, 4.69) is 10.1 Å². The highest BCUT2D eigenvalue weighted by molar-refractivity contribution is 8.47. The highest BCUT2D eigenvalue weighted by Crippen LogP contribution is 2.43. The molecule has 2 unspecified atom stereocenters. The molecule has 0 radical (unpaired) electrons. The van der Waals surface area contributed by atoms with Crippen LogP contribution in [0.5, 0.6) is 0 Å². The van der Waals surface area contributed by atoms with Gasteiger partial charge in [-0.05, 0) is 12.7 Å². The summed E-state index contributed by atoms with van der Waals surface area (Å²) in [6.45, 7) is 3.68. The second-order valence-electron chi connectivity index (χ2n) is 4.02. The van der Waals surface area contributed by atoms with Gasteiger partial charge in [0.25, 0.3) is 0 Å². The molecule has 1 fully saturated rings. The summed E-state index contributed by atoms with van der Waals surface area (Å²) < 4.78 is 8.38. The predicted molar refractivity (Wildman–Crippen MR) is 95.9 cm³/mol. The molecule has 1 aliphatic heterocycles. The van der Waals surface area contributed by atoms with Gasteiger partial charge >= 0.3 is 6.16 Å². The Kier molecular flexibility index (Phi) is 8.39. The minimum atomic E-state index is -1.96. The maximum Gasteiger partial charge on any atom is 0.508 e. The van der Waals surface area contributed by atoms with Gasteiger partial charge < -0.3 is 14.8 Å². The van der Waals surface area contributed by atoms with Crippen LogP contribution in [0, 0.1) is 5.92 Å². The predicted octanol–water partition coefficient (Wildman–Crippen LogP) is 3.74. The smallest absolute Gasteiger partial charge is 0.435 e. The molecule has 1 aliphatic rings. The molecule has 0 aromatic heterocycles. The lowest BCUT2D eigenvalue weighted by Gasteiger charge is -2.42. The maximum atomic E-state index is 11.8. The van der Waals surface area contributed by atoms with E-state index in [1.54, 1.807) is 6.92 Å². The maximum absolute atomic E-state index is 11.8. The van der Waals surface area contributed by atoms with Crippen LogP contribution in [0.2, 0.25) is 0 Å². The molecule has 1 rings (SSSR count). The zero-order valence-corrected chi connectivity index (χ0v) is 16.4. The van der Waals surface area contributed by atoms with Crippen molar-refractivity contribution >= 4 is 86.1 Å². The van der Waals surface area contributed by atoms with Crippen molar-refractivity contribution in [2.75, 3.05) is 12.4 Å². The first-order valence-corrected chi connectivity index (χ1v) is 9.65. The quantitative estimate of drug-likeness (QED) is 0.311. The Morgan fingerprint density at radius 3 is 2.55 bits per heavy atom. The van der Waals surface area contributed by atoms with Crippen molar-refractivity contribution < 1.29 is 19.1 Å². The molecule has 0 saturated carbocycles. The molecule has 22 heavy (non-hydrogen) atoms. The zero-order valence-electron chi connectivity index (χ0n) is 11.6. The summed E-state index contributed by atoms with van der Waals surface area (Å²) >= 11 is 25.5. The van der Waals surface area contributed by atoms with Crippen molar-refractivity contribution in [3.63, 3.8) is 0 Å². The van der Waals surface area contributed by atoms with Crippen LogP contribution >= 0.6 is 70.5 Å². The molecule has 5 nitrogen and oxygen atoms in total. The number of β-lactam (4-membered cyclic amide) rings is 1. The van der Waals surface area contributed by atoms with E-state index in [0.29, 0.717) is 3.53 Å². The van der Waals surface area contributed by atoms with Crippen LogP contribution in [-0.4, -0.2) is 43.2 Å². The number of hydrogen-bond donors (Lipinski definition) is 1. The third-order valence-electron chi connectivity index (χ3n) is 2.53.